The van der Waals surface area contributed by atoms with Gasteiger partial charge in [-0.1, -0.05) is 23.2 Å². The average Bonchev–Trinajstić information content (AvgIpc) is 2.39. The second kappa shape index (κ2) is 7.73. The molecule has 0 saturated carbocycles. The van der Waals surface area contributed by atoms with Crippen LogP contribution in [0, 0.1) is 0 Å². The number of carbonyl (C=O) groups is 2. The van der Waals surface area contributed by atoms with Gasteiger partial charge in [0.05, 0.1) is 27.3 Å². The zero-order valence-corrected chi connectivity index (χ0v) is 13.0. The Kier molecular flexibility index (Phi) is 6.61. The number of nitrogens with two attached hydrogens (primary N) is 1. The summed E-state index contributed by atoms with van der Waals surface area (Å²) >= 11 is 13.4. The Morgan fingerprint density at radius 1 is 1.40 bits per heavy atom. The highest BCUT2D eigenvalue weighted by atomic mass is 35.5. The molecule has 0 aliphatic heterocycles. The van der Waals surface area contributed by atoms with Crippen LogP contribution in [0.4, 0.5) is 5.69 Å². The second-order valence-corrected chi connectivity index (χ2v) is 5.80. The summed E-state index contributed by atoms with van der Waals surface area (Å²) in [6.07, 6.45) is 2.44. The molecule has 4 N–H and O–H groups in total. The van der Waals surface area contributed by atoms with Crippen molar-refractivity contribution in [3.8, 4) is 0 Å². The van der Waals surface area contributed by atoms with Crippen molar-refractivity contribution >= 4 is 52.5 Å². The Hall–Kier alpha value is -0.950. The van der Waals surface area contributed by atoms with Gasteiger partial charge < -0.3 is 16.2 Å². The van der Waals surface area contributed by atoms with Crippen molar-refractivity contribution in [2.75, 3.05) is 17.3 Å². The monoisotopic (exact) mass is 336 g/mol. The molecule has 1 aromatic rings. The number of carbonyl (C=O) groups excluding carboxylic acids is 1. The van der Waals surface area contributed by atoms with Gasteiger partial charge in [-0.05, 0) is 30.6 Å². The van der Waals surface area contributed by atoms with Gasteiger partial charge in [0.25, 0.3) is 0 Å². The number of amides is 1. The van der Waals surface area contributed by atoms with Gasteiger partial charge in [0.15, 0.2) is 0 Å². The zero-order valence-electron chi connectivity index (χ0n) is 10.7. The van der Waals surface area contributed by atoms with E-state index in [-0.39, 0.29) is 21.3 Å². The van der Waals surface area contributed by atoms with E-state index in [1.807, 2.05) is 6.26 Å². The van der Waals surface area contributed by atoms with Crippen molar-refractivity contribution in [1.29, 1.82) is 0 Å². The van der Waals surface area contributed by atoms with Crippen molar-refractivity contribution in [2.24, 2.45) is 5.73 Å². The molecule has 1 aromatic carbocycles. The number of nitrogens with one attached hydrogen (secondary N) is 1. The Morgan fingerprint density at radius 2 is 1.95 bits per heavy atom. The van der Waals surface area contributed by atoms with Crippen molar-refractivity contribution in [1.82, 2.24) is 0 Å². The van der Waals surface area contributed by atoms with Gasteiger partial charge >= 0.3 is 5.97 Å². The number of aromatic carboxylic acids is 1. The van der Waals surface area contributed by atoms with E-state index in [0.717, 1.165) is 5.75 Å². The minimum atomic E-state index is -1.15. The SMILES string of the molecule is CSCC[C@H](N)C(=O)Nc1c(Cl)cc(C(=O)O)cc1Cl. The maximum absolute atomic E-state index is 11.9. The lowest BCUT2D eigenvalue weighted by atomic mass is 10.2. The maximum Gasteiger partial charge on any atom is 0.335 e. The third kappa shape index (κ3) is 4.56. The first kappa shape index (κ1) is 17.1. The van der Waals surface area contributed by atoms with Crippen LogP contribution in [-0.2, 0) is 4.79 Å². The van der Waals surface area contributed by atoms with Crippen molar-refractivity contribution in [3.63, 3.8) is 0 Å². The summed E-state index contributed by atoms with van der Waals surface area (Å²) in [5.74, 6) is -0.803. The van der Waals surface area contributed by atoms with Crippen LogP contribution in [0.25, 0.3) is 0 Å². The first-order valence-electron chi connectivity index (χ1n) is 5.64. The van der Waals surface area contributed by atoms with E-state index in [0.29, 0.717) is 6.42 Å². The molecule has 0 fully saturated rings. The number of thioether (sulfide) groups is 1. The molecule has 5 nitrogen and oxygen atoms in total. The fourth-order valence-corrected chi connectivity index (χ4v) is 2.48. The quantitative estimate of drug-likeness (QED) is 0.742. The zero-order chi connectivity index (χ0) is 15.3. The van der Waals surface area contributed by atoms with Crippen molar-refractivity contribution in [3.05, 3.63) is 27.7 Å². The summed E-state index contributed by atoms with van der Waals surface area (Å²) in [7, 11) is 0. The van der Waals surface area contributed by atoms with Crippen LogP contribution in [0.3, 0.4) is 0 Å². The minimum Gasteiger partial charge on any atom is -0.478 e. The van der Waals surface area contributed by atoms with Crippen LogP contribution in [0.1, 0.15) is 16.8 Å². The van der Waals surface area contributed by atoms with E-state index in [1.165, 1.54) is 12.1 Å². The summed E-state index contributed by atoms with van der Waals surface area (Å²) in [4.78, 5) is 22.7. The molecule has 1 rings (SSSR count). The van der Waals surface area contributed by atoms with Gasteiger partial charge in [-0.2, -0.15) is 11.8 Å². The molecule has 0 aliphatic carbocycles. The Balaban J connectivity index is 2.87. The van der Waals surface area contributed by atoms with E-state index in [4.69, 9.17) is 34.0 Å². The molecule has 0 unspecified atom stereocenters. The van der Waals surface area contributed by atoms with Crippen LogP contribution in [0.5, 0.6) is 0 Å². The lowest BCUT2D eigenvalue weighted by Gasteiger charge is -2.14. The standard InChI is InChI=1S/C12H14Cl2N2O3S/c1-20-3-2-9(15)11(17)16-10-7(13)4-6(12(18)19)5-8(10)14/h4-5,9H,2-3,15H2,1H3,(H,16,17)(H,18,19)/t9-/m0/s1. The third-order valence-electron chi connectivity index (χ3n) is 2.51. The molecule has 8 heteroatoms. The highest BCUT2D eigenvalue weighted by Gasteiger charge is 2.18. The number of carboxylic acids is 1. The third-order valence-corrected chi connectivity index (χ3v) is 3.75. The van der Waals surface area contributed by atoms with Gasteiger partial charge in [-0.25, -0.2) is 4.79 Å². The fourth-order valence-electron chi connectivity index (χ4n) is 1.41. The second-order valence-electron chi connectivity index (χ2n) is 4.00. The van der Waals surface area contributed by atoms with E-state index in [2.05, 4.69) is 5.32 Å². The van der Waals surface area contributed by atoms with E-state index in [9.17, 15) is 9.59 Å². The molecule has 0 spiro atoms. The molecule has 0 radical (unpaired) electrons. The minimum absolute atomic E-state index is 0.0512. The molecule has 1 atom stereocenters. The van der Waals surface area contributed by atoms with Crippen LogP contribution in [0.2, 0.25) is 10.0 Å². The maximum atomic E-state index is 11.9. The fraction of sp³-hybridized carbons (Fsp3) is 0.333. The molecule has 0 heterocycles. The average molecular weight is 337 g/mol. The van der Waals surface area contributed by atoms with Gasteiger partial charge in [0, 0.05) is 0 Å². The molecular formula is C12H14Cl2N2O3S. The summed E-state index contributed by atoms with van der Waals surface area (Å²) in [5, 5.41) is 11.5. The number of hydrogen-bond acceptors (Lipinski definition) is 4. The molecule has 0 saturated heterocycles. The summed E-state index contributed by atoms with van der Waals surface area (Å²) in [6, 6.07) is 1.77. The van der Waals surface area contributed by atoms with E-state index < -0.39 is 17.9 Å². The van der Waals surface area contributed by atoms with Gasteiger partial charge in [-0.15, -0.1) is 0 Å². The van der Waals surface area contributed by atoms with Crippen LogP contribution < -0.4 is 11.1 Å². The summed E-state index contributed by atoms with van der Waals surface area (Å²) in [5.41, 5.74) is 5.84. The normalized spacial score (nSPS) is 12.0. The molecular weight excluding hydrogens is 323 g/mol. The Bertz CT molecular complexity index is 502. The smallest absolute Gasteiger partial charge is 0.335 e. The molecule has 0 aliphatic rings. The highest BCUT2D eigenvalue weighted by molar-refractivity contribution is 7.98. The number of carboxylic acid groups (broad SMARTS) is 1. The molecule has 110 valence electrons. The largest absolute Gasteiger partial charge is 0.478 e. The predicted octanol–water partition coefficient (Wildman–Crippen LogP) is 2.71. The lowest BCUT2D eigenvalue weighted by Crippen LogP contribution is -2.36. The number of benzene rings is 1. The van der Waals surface area contributed by atoms with Gasteiger partial charge in [0.1, 0.15) is 0 Å². The van der Waals surface area contributed by atoms with E-state index >= 15 is 0 Å². The topological polar surface area (TPSA) is 92.4 Å². The van der Waals surface area contributed by atoms with Crippen LogP contribution >= 0.6 is 35.0 Å². The number of rotatable bonds is 6. The number of halogens is 2. The number of anilines is 1. The van der Waals surface area contributed by atoms with Crippen LogP contribution in [0.15, 0.2) is 12.1 Å². The molecule has 0 bridgehead atoms. The predicted molar refractivity (Wildman–Crippen MR) is 83.0 cm³/mol. The first-order chi connectivity index (χ1) is 9.36. The highest BCUT2D eigenvalue weighted by Crippen LogP contribution is 2.32. The van der Waals surface area contributed by atoms with Crippen molar-refractivity contribution < 1.29 is 14.7 Å². The first-order valence-corrected chi connectivity index (χ1v) is 7.79. The Morgan fingerprint density at radius 3 is 2.40 bits per heavy atom. The Labute approximate surface area is 130 Å². The molecule has 1 amide bonds. The van der Waals surface area contributed by atoms with Crippen LogP contribution in [-0.4, -0.2) is 35.0 Å². The van der Waals surface area contributed by atoms with E-state index in [1.54, 1.807) is 11.8 Å². The molecule has 20 heavy (non-hydrogen) atoms. The number of hydrogen-bond donors (Lipinski definition) is 3. The van der Waals surface area contributed by atoms with Gasteiger partial charge in [-0.3, -0.25) is 4.79 Å². The van der Waals surface area contributed by atoms with Gasteiger partial charge in [0.2, 0.25) is 5.91 Å². The van der Waals surface area contributed by atoms with Crippen molar-refractivity contribution in [2.45, 2.75) is 12.5 Å². The molecule has 0 aromatic heterocycles. The summed E-state index contributed by atoms with van der Waals surface area (Å²) < 4.78 is 0. The summed E-state index contributed by atoms with van der Waals surface area (Å²) in [6.45, 7) is 0. The lowest BCUT2D eigenvalue weighted by molar-refractivity contribution is -0.117.